The minimum absolute atomic E-state index is 0.179. The highest BCUT2D eigenvalue weighted by Crippen LogP contribution is 2.70. The van der Waals surface area contributed by atoms with Crippen LogP contribution in [0.5, 0.6) is 0 Å². The van der Waals surface area contributed by atoms with Crippen molar-refractivity contribution in [3.8, 4) is 0 Å². The molecule has 0 heterocycles. The maximum absolute atomic E-state index is 12.1. The molecule has 1 radical (unpaired) electrons. The maximum Gasteiger partial charge on any atom is 0.294 e. The highest BCUT2D eigenvalue weighted by atomic mass is 127. The van der Waals surface area contributed by atoms with Crippen molar-refractivity contribution in [2.24, 2.45) is 0 Å². The predicted octanol–water partition coefficient (Wildman–Crippen LogP) is 6.74. The molecule has 0 aromatic rings. The summed E-state index contributed by atoms with van der Waals surface area (Å²) in [4.78, 5) is 0. The molecular weight excluding hydrogens is 1280 g/mol. The smallest absolute Gasteiger partial charge is 0.266 e. The summed E-state index contributed by atoms with van der Waals surface area (Å²) >= 11 is 19.8. The van der Waals surface area contributed by atoms with E-state index in [4.69, 9.17) is 0 Å². The molecule has 3 nitrogen and oxygen atoms in total. The van der Waals surface area contributed by atoms with Crippen molar-refractivity contribution >= 4 is 213 Å². The number of rotatable bonds is 5. The number of hydrogen-bond acceptors (Lipinski definition) is 3. The van der Waals surface area contributed by atoms with E-state index < -0.39 is 12.3 Å². The van der Waals surface area contributed by atoms with Gasteiger partial charge in [0.2, 0.25) is 0.760 Å². The zero-order chi connectivity index (χ0) is 15.2. The first-order chi connectivity index (χ1) is 7.56. The molecule has 0 spiro atoms. The molecule has 0 amide bonds. The lowest BCUT2D eigenvalue weighted by Crippen LogP contribution is -2.56. The number of halogens is 9. The molecule has 109 valence electrons. The lowest BCUT2D eigenvalue weighted by atomic mass is 10.4. The van der Waals surface area contributed by atoms with Crippen LogP contribution in [0.3, 0.4) is 0 Å². The normalized spacial score (nSPS) is 15.9. The summed E-state index contributed by atoms with van der Waals surface area (Å²) in [5.41, 5.74) is 0. The zero-order valence-electron chi connectivity index (χ0n) is 7.74. The minimum Gasteiger partial charge on any atom is -0.266 e. The van der Waals surface area contributed by atoms with Crippen LogP contribution in [0.4, 0.5) is 0 Å². The van der Waals surface area contributed by atoms with E-state index in [1.165, 1.54) is 0 Å². The molecule has 0 N–H and O–H groups in total. The van der Waals surface area contributed by atoms with E-state index in [9.17, 15) is 8.42 Å². The third kappa shape index (κ3) is 5.01. The van der Waals surface area contributed by atoms with Gasteiger partial charge in [-0.2, -0.15) is 8.42 Å². The first-order valence-corrected chi connectivity index (χ1v) is 14.6. The van der Waals surface area contributed by atoms with Gasteiger partial charge in [-0.05, 0) is 45.2 Å². The van der Waals surface area contributed by atoms with Crippen molar-refractivity contribution in [2.45, 2.75) is 3.05 Å². The second-order valence-corrected chi connectivity index (χ2v) is 32.9. The lowest BCUT2D eigenvalue weighted by molar-refractivity contribution is 0.434. The van der Waals surface area contributed by atoms with E-state index in [1.54, 1.807) is 0 Å². The van der Waals surface area contributed by atoms with Crippen molar-refractivity contribution in [1.29, 1.82) is 0 Å². The Balaban J connectivity index is 5.96. The van der Waals surface area contributed by atoms with Gasteiger partial charge in [-0.1, -0.05) is 158 Å². The fourth-order valence-corrected chi connectivity index (χ4v) is 12.8. The van der Waals surface area contributed by atoms with Crippen molar-refractivity contribution in [1.82, 2.24) is 0 Å². The second kappa shape index (κ2) is 8.45. The molecule has 0 aromatic carbocycles. The molecule has 0 aliphatic heterocycles. The lowest BCUT2D eigenvalue weighted by Gasteiger charge is -2.46. The summed E-state index contributed by atoms with van der Waals surface area (Å²) in [6, 6.07) is 0. The van der Waals surface area contributed by atoms with Gasteiger partial charge in [0.05, 0.1) is 7.11 Å². The first kappa shape index (κ1) is 24.5. The Morgan fingerprint density at radius 1 is 0.778 bits per heavy atom. The molecule has 0 rings (SSSR count). The quantitative estimate of drug-likeness (QED) is 0.174. The Bertz CT molecular complexity index is 408. The largest absolute Gasteiger partial charge is 0.294 e. The summed E-state index contributed by atoms with van der Waals surface area (Å²) in [6.45, 7) is 0. The topological polar surface area (TPSA) is 43.4 Å². The van der Waals surface area contributed by atoms with E-state index in [2.05, 4.69) is 169 Å². The van der Waals surface area contributed by atoms with Crippen molar-refractivity contribution in [3.63, 3.8) is 0 Å². The molecule has 0 aliphatic rings. The zero-order valence-corrected chi connectivity index (χ0v) is 28.0. The monoisotopic (exact) mass is 1280 g/mol. The van der Waals surface area contributed by atoms with E-state index >= 15 is 0 Å². The summed E-state index contributed by atoms with van der Waals surface area (Å²) in [7, 11) is -0.705. The highest BCUT2D eigenvalue weighted by Gasteiger charge is 2.68. The minimum atomic E-state index is -3.77. The first-order valence-electron chi connectivity index (χ1n) is 3.44. The van der Waals surface area contributed by atoms with E-state index in [0.717, 1.165) is 0 Å². The van der Waals surface area contributed by atoms with Gasteiger partial charge in [-0.3, -0.25) is 4.18 Å². The van der Waals surface area contributed by atoms with Crippen LogP contribution in [0.15, 0.2) is 0 Å². The second-order valence-electron chi connectivity index (χ2n) is 2.74. The number of hydrogen-bond donors (Lipinski definition) is 0. The maximum atomic E-state index is 12.1. The average Bonchev–Trinajstić information content (AvgIpc) is 2.15. The summed E-state index contributed by atoms with van der Waals surface area (Å²) in [5.74, 6) is 0. The van der Waals surface area contributed by atoms with Gasteiger partial charge in [0, 0.05) is 0 Å². The Labute approximate surface area is 230 Å². The van der Waals surface area contributed by atoms with Crippen LogP contribution in [-0.2, 0) is 14.3 Å². The highest BCUT2D eigenvalue weighted by molar-refractivity contribution is 14.3. The summed E-state index contributed by atoms with van der Waals surface area (Å²) in [5, 5.41) is 0. The van der Waals surface area contributed by atoms with Crippen molar-refractivity contribution in [3.05, 3.63) is 7.11 Å². The van der Waals surface area contributed by atoms with Crippen molar-refractivity contribution in [2.75, 3.05) is 0 Å². The van der Waals surface area contributed by atoms with Gasteiger partial charge in [-0.15, -0.1) is 0 Å². The SMILES string of the molecule is [CH2]OS(=O)(=O)C(I)(I)C(I)(I)C(I)(I)C(I)(I)I. The molecule has 0 bridgehead atoms. The number of alkyl halides is 9. The van der Waals surface area contributed by atoms with Gasteiger partial charge in [0.1, 0.15) is 2.29 Å². The molecule has 0 fully saturated rings. The molecule has 0 saturated heterocycles. The van der Waals surface area contributed by atoms with Crippen LogP contribution in [0, 0.1) is 7.11 Å². The third-order valence-corrected chi connectivity index (χ3v) is 31.8. The predicted molar refractivity (Wildman–Crippen MR) is 152 cm³/mol. The van der Waals surface area contributed by atoms with Crippen LogP contribution in [0.1, 0.15) is 0 Å². The van der Waals surface area contributed by atoms with Crippen LogP contribution in [-0.4, -0.2) is 11.5 Å². The van der Waals surface area contributed by atoms with Gasteiger partial charge >= 0.3 is 0 Å². The van der Waals surface area contributed by atoms with Crippen LogP contribution >= 0.6 is 203 Å². The van der Waals surface area contributed by atoms with Gasteiger partial charge in [0.25, 0.3) is 10.1 Å². The fraction of sp³-hybridized carbons (Fsp3) is 0.800. The molecule has 18 heavy (non-hydrogen) atoms. The Morgan fingerprint density at radius 3 is 1.33 bits per heavy atom. The van der Waals surface area contributed by atoms with Crippen LogP contribution in [0.2, 0.25) is 0 Å². The Hall–Kier alpha value is 6.48. The van der Waals surface area contributed by atoms with Crippen LogP contribution in [0.25, 0.3) is 0 Å². The molecular formula is C5H2I9O3S. The third-order valence-electron chi connectivity index (χ3n) is 1.59. The fourth-order valence-electron chi connectivity index (χ4n) is 0.592. The van der Waals surface area contributed by atoms with E-state index in [1.807, 2.05) is 45.2 Å². The molecule has 13 heteroatoms. The molecule has 0 aliphatic carbocycles. The Morgan fingerprint density at radius 2 is 1.11 bits per heavy atom. The molecule has 0 unspecified atom stereocenters. The molecule has 0 aromatic heterocycles. The van der Waals surface area contributed by atoms with Gasteiger partial charge in [0.15, 0.2) is 0 Å². The van der Waals surface area contributed by atoms with Gasteiger partial charge in [-0.25, -0.2) is 0 Å². The molecule has 0 atom stereocenters. The van der Waals surface area contributed by atoms with E-state index in [0.29, 0.717) is 0 Å². The summed E-state index contributed by atoms with van der Waals surface area (Å²) in [6.07, 6.45) is 0. The summed E-state index contributed by atoms with van der Waals surface area (Å²) < 4.78 is 26.4. The van der Waals surface area contributed by atoms with Gasteiger partial charge < -0.3 is 0 Å². The van der Waals surface area contributed by atoms with Crippen LogP contribution < -0.4 is 0 Å². The standard InChI is InChI=1S/C5H2I9O3S/c1-17-18(15,16)5(13,14)3(8,9)2(6,7)4(10,11)12/h1H2. The molecule has 0 saturated carbocycles. The van der Waals surface area contributed by atoms with E-state index in [-0.39, 0.29) is 0.864 Å². The van der Waals surface area contributed by atoms with Crippen molar-refractivity contribution < 1.29 is 12.6 Å². The average molecular weight is 1280 g/mol. The Kier molecular flexibility index (Phi) is 11.5.